The number of ether oxygens (including phenoxy) is 2. The van der Waals surface area contributed by atoms with Gasteiger partial charge >= 0.3 is 0 Å². The number of halogens is 1. The van der Waals surface area contributed by atoms with Crippen LogP contribution in [0.3, 0.4) is 0 Å². The maximum absolute atomic E-state index is 13.1. The fourth-order valence-electron chi connectivity index (χ4n) is 1.40. The molecule has 0 N–H and O–H groups in total. The molecule has 1 rings (SSSR count). The molecule has 0 saturated carbocycles. The normalized spacial score (nSPS) is 11.1. The lowest BCUT2D eigenvalue weighted by Crippen LogP contribution is -2.20. The smallest absolute Gasteiger partial charge is 0.166 e. The summed E-state index contributed by atoms with van der Waals surface area (Å²) < 4.78 is 24.0. The van der Waals surface area contributed by atoms with E-state index in [1.165, 1.54) is 6.07 Å². The Bertz CT molecular complexity index is 338. The number of thioether (sulfide) groups is 1. The van der Waals surface area contributed by atoms with Crippen molar-refractivity contribution in [2.75, 3.05) is 19.0 Å². The van der Waals surface area contributed by atoms with Gasteiger partial charge < -0.3 is 9.47 Å². The molecule has 0 spiro atoms. The van der Waals surface area contributed by atoms with E-state index in [2.05, 4.69) is 0 Å². The largest absolute Gasteiger partial charge is 0.352 e. The molecule has 0 radical (unpaired) electrons. The third-order valence-corrected chi connectivity index (χ3v) is 3.42. The highest BCUT2D eigenvalue weighted by molar-refractivity contribution is 7.99. The van der Waals surface area contributed by atoms with Crippen LogP contribution >= 0.6 is 11.8 Å². The minimum Gasteiger partial charge on any atom is -0.352 e. The highest BCUT2D eigenvalue weighted by atomic mass is 32.2. The zero-order valence-corrected chi connectivity index (χ0v) is 11.3. The SMILES string of the molecule is CCOC(CSc1cc(F)ccc1C)OCC. The van der Waals surface area contributed by atoms with Crippen LogP contribution in [-0.2, 0) is 9.47 Å². The van der Waals surface area contributed by atoms with Crippen LogP contribution in [0.1, 0.15) is 19.4 Å². The Labute approximate surface area is 107 Å². The van der Waals surface area contributed by atoms with Crippen molar-refractivity contribution < 1.29 is 13.9 Å². The molecular weight excluding hydrogens is 239 g/mol. The Hall–Kier alpha value is -0.580. The lowest BCUT2D eigenvalue weighted by Gasteiger charge is -2.16. The zero-order chi connectivity index (χ0) is 12.7. The Balaban J connectivity index is 2.55. The second-order valence-corrected chi connectivity index (χ2v) is 4.62. The molecule has 0 aromatic heterocycles. The predicted molar refractivity (Wildman–Crippen MR) is 68.9 cm³/mol. The molecule has 0 saturated heterocycles. The van der Waals surface area contributed by atoms with E-state index >= 15 is 0 Å². The predicted octanol–water partition coefficient (Wildman–Crippen LogP) is 3.63. The number of aryl methyl sites for hydroxylation is 1. The summed E-state index contributed by atoms with van der Waals surface area (Å²) in [5.74, 6) is 0.467. The molecule has 1 aromatic carbocycles. The number of hydrogen-bond donors (Lipinski definition) is 0. The first kappa shape index (κ1) is 14.5. The van der Waals surface area contributed by atoms with E-state index in [0.717, 1.165) is 10.5 Å². The minimum atomic E-state index is -0.224. The molecule has 0 atom stereocenters. The first-order chi connectivity index (χ1) is 8.17. The van der Waals surface area contributed by atoms with Crippen molar-refractivity contribution in [1.29, 1.82) is 0 Å². The second kappa shape index (κ2) is 7.69. The van der Waals surface area contributed by atoms with Crippen molar-refractivity contribution in [3.8, 4) is 0 Å². The van der Waals surface area contributed by atoms with Gasteiger partial charge in [-0.1, -0.05) is 6.07 Å². The summed E-state index contributed by atoms with van der Waals surface area (Å²) in [6.07, 6.45) is -0.224. The van der Waals surface area contributed by atoms with E-state index in [4.69, 9.17) is 9.47 Å². The molecule has 0 fully saturated rings. The summed E-state index contributed by atoms with van der Waals surface area (Å²) in [6, 6.07) is 4.81. The number of hydrogen-bond acceptors (Lipinski definition) is 3. The molecule has 0 aliphatic rings. The van der Waals surface area contributed by atoms with Gasteiger partial charge in [0.2, 0.25) is 0 Å². The van der Waals surface area contributed by atoms with Gasteiger partial charge in [-0.05, 0) is 38.5 Å². The van der Waals surface area contributed by atoms with Crippen molar-refractivity contribution in [3.05, 3.63) is 29.6 Å². The topological polar surface area (TPSA) is 18.5 Å². The van der Waals surface area contributed by atoms with E-state index < -0.39 is 0 Å². The summed E-state index contributed by atoms with van der Waals surface area (Å²) in [6.45, 7) is 7.08. The van der Waals surface area contributed by atoms with Crippen molar-refractivity contribution in [2.24, 2.45) is 0 Å². The molecule has 4 heteroatoms. The van der Waals surface area contributed by atoms with Gasteiger partial charge in [-0.3, -0.25) is 0 Å². The molecule has 0 aliphatic heterocycles. The third kappa shape index (κ3) is 5.06. The monoisotopic (exact) mass is 258 g/mol. The van der Waals surface area contributed by atoms with Gasteiger partial charge in [0.25, 0.3) is 0 Å². The van der Waals surface area contributed by atoms with Crippen LogP contribution in [0.4, 0.5) is 4.39 Å². The molecule has 0 unspecified atom stereocenters. The summed E-state index contributed by atoms with van der Waals surface area (Å²) in [5, 5.41) is 0. The molecular formula is C13H19FO2S. The highest BCUT2D eigenvalue weighted by Gasteiger charge is 2.10. The molecule has 96 valence electrons. The maximum atomic E-state index is 13.1. The summed E-state index contributed by atoms with van der Waals surface area (Å²) in [7, 11) is 0. The van der Waals surface area contributed by atoms with Crippen LogP contribution in [0.25, 0.3) is 0 Å². The molecule has 0 amide bonds. The molecule has 1 aromatic rings. The summed E-state index contributed by atoms with van der Waals surface area (Å²) >= 11 is 1.56. The first-order valence-corrected chi connectivity index (χ1v) is 6.78. The van der Waals surface area contributed by atoms with Crippen molar-refractivity contribution in [3.63, 3.8) is 0 Å². The van der Waals surface area contributed by atoms with Gasteiger partial charge in [-0.2, -0.15) is 0 Å². The number of benzene rings is 1. The Morgan fingerprint density at radius 1 is 1.24 bits per heavy atom. The minimum absolute atomic E-state index is 0.206. The first-order valence-electron chi connectivity index (χ1n) is 5.79. The van der Waals surface area contributed by atoms with Crippen molar-refractivity contribution >= 4 is 11.8 Å². The van der Waals surface area contributed by atoms with Gasteiger partial charge in [0.05, 0.1) is 0 Å². The molecule has 17 heavy (non-hydrogen) atoms. The fraction of sp³-hybridized carbons (Fsp3) is 0.538. The van der Waals surface area contributed by atoms with Gasteiger partial charge in [-0.15, -0.1) is 11.8 Å². The van der Waals surface area contributed by atoms with Crippen LogP contribution in [0.5, 0.6) is 0 Å². The quantitative estimate of drug-likeness (QED) is 0.549. The van der Waals surface area contributed by atoms with E-state index in [-0.39, 0.29) is 12.1 Å². The van der Waals surface area contributed by atoms with Crippen molar-refractivity contribution in [1.82, 2.24) is 0 Å². The van der Waals surface area contributed by atoms with Crippen LogP contribution in [0, 0.1) is 12.7 Å². The van der Waals surface area contributed by atoms with Gasteiger partial charge in [0.15, 0.2) is 6.29 Å². The number of rotatable bonds is 7. The van der Waals surface area contributed by atoms with E-state index in [0.29, 0.717) is 19.0 Å². The lowest BCUT2D eigenvalue weighted by molar-refractivity contribution is -0.120. The van der Waals surface area contributed by atoms with Gasteiger partial charge in [-0.25, -0.2) is 4.39 Å². The fourth-order valence-corrected chi connectivity index (χ4v) is 2.40. The molecule has 0 aliphatic carbocycles. The third-order valence-electron chi connectivity index (χ3n) is 2.23. The summed E-state index contributed by atoms with van der Waals surface area (Å²) in [5.41, 5.74) is 1.07. The zero-order valence-electron chi connectivity index (χ0n) is 10.5. The van der Waals surface area contributed by atoms with Crippen LogP contribution in [-0.4, -0.2) is 25.3 Å². The molecule has 0 heterocycles. The van der Waals surface area contributed by atoms with Gasteiger partial charge in [0.1, 0.15) is 5.82 Å². The van der Waals surface area contributed by atoms with E-state index in [1.54, 1.807) is 23.9 Å². The highest BCUT2D eigenvalue weighted by Crippen LogP contribution is 2.24. The Kier molecular flexibility index (Phi) is 6.55. The molecule has 0 bridgehead atoms. The average Bonchev–Trinajstić information content (AvgIpc) is 2.30. The standard InChI is InChI=1S/C13H19FO2S/c1-4-15-13(16-5-2)9-17-12-8-11(14)7-6-10(12)3/h6-8,13H,4-5,9H2,1-3H3. The average molecular weight is 258 g/mol. The second-order valence-electron chi connectivity index (χ2n) is 3.56. The van der Waals surface area contributed by atoms with Crippen molar-refractivity contribution in [2.45, 2.75) is 32.0 Å². The van der Waals surface area contributed by atoms with E-state index in [9.17, 15) is 4.39 Å². The van der Waals surface area contributed by atoms with E-state index in [1.807, 2.05) is 20.8 Å². The Morgan fingerprint density at radius 2 is 1.88 bits per heavy atom. The maximum Gasteiger partial charge on any atom is 0.166 e. The van der Waals surface area contributed by atoms with Crippen LogP contribution < -0.4 is 0 Å². The molecule has 2 nitrogen and oxygen atoms in total. The van der Waals surface area contributed by atoms with Crippen LogP contribution in [0.15, 0.2) is 23.1 Å². The summed E-state index contributed by atoms with van der Waals surface area (Å²) in [4.78, 5) is 0.939. The van der Waals surface area contributed by atoms with Gasteiger partial charge in [0, 0.05) is 23.9 Å². The Morgan fingerprint density at radius 3 is 2.47 bits per heavy atom. The van der Waals surface area contributed by atoms with Crippen LogP contribution in [0.2, 0.25) is 0 Å². The lowest BCUT2D eigenvalue weighted by atomic mass is 10.2.